The highest BCUT2D eigenvalue weighted by Gasteiger charge is 2.49. The van der Waals surface area contributed by atoms with Gasteiger partial charge in [0.2, 0.25) is 0 Å². The molecule has 0 N–H and O–H groups in total. The van der Waals surface area contributed by atoms with Gasteiger partial charge in [0.15, 0.2) is 0 Å². The van der Waals surface area contributed by atoms with Crippen molar-refractivity contribution < 1.29 is 4.84 Å². The number of para-hydroxylation sites is 1. The lowest BCUT2D eigenvalue weighted by atomic mass is 9.81. The number of hydroxylamine groups is 1. The van der Waals surface area contributed by atoms with Crippen molar-refractivity contribution >= 4 is 5.69 Å². The van der Waals surface area contributed by atoms with Crippen LogP contribution in [0.15, 0.2) is 121 Å². The minimum absolute atomic E-state index is 0.110. The summed E-state index contributed by atoms with van der Waals surface area (Å²) in [4.78, 5) is 6.91. The summed E-state index contributed by atoms with van der Waals surface area (Å²) in [6.45, 7) is 0. The first kappa shape index (κ1) is 17.7. The van der Waals surface area contributed by atoms with Gasteiger partial charge in [0.25, 0.3) is 0 Å². The van der Waals surface area contributed by atoms with Gasteiger partial charge in [0, 0.05) is 6.42 Å². The largest absolute Gasteiger partial charge is 0.256 e. The van der Waals surface area contributed by atoms with Crippen LogP contribution in [-0.2, 0) is 10.4 Å². The van der Waals surface area contributed by atoms with E-state index in [1.54, 1.807) is 0 Å². The smallest absolute Gasteiger partial charge is 0.148 e. The van der Waals surface area contributed by atoms with Crippen molar-refractivity contribution in [1.29, 1.82) is 0 Å². The van der Waals surface area contributed by atoms with E-state index in [4.69, 9.17) is 4.84 Å². The quantitative estimate of drug-likeness (QED) is 0.402. The van der Waals surface area contributed by atoms with E-state index in [9.17, 15) is 0 Å². The second-order valence-electron chi connectivity index (χ2n) is 7.44. The molecule has 0 aromatic heterocycles. The monoisotopic (exact) mass is 377 g/mol. The molecule has 0 aliphatic carbocycles. The van der Waals surface area contributed by atoms with E-state index in [0.717, 1.165) is 12.1 Å². The van der Waals surface area contributed by atoms with Gasteiger partial charge in [0.1, 0.15) is 5.60 Å². The Morgan fingerprint density at radius 1 is 0.586 bits per heavy atom. The summed E-state index contributed by atoms with van der Waals surface area (Å²) < 4.78 is 0. The summed E-state index contributed by atoms with van der Waals surface area (Å²) in [7, 11) is 0. The van der Waals surface area contributed by atoms with Gasteiger partial charge in [-0.05, 0) is 28.8 Å². The zero-order chi connectivity index (χ0) is 19.5. The second-order valence-corrected chi connectivity index (χ2v) is 7.44. The molecule has 4 aromatic carbocycles. The molecule has 29 heavy (non-hydrogen) atoms. The van der Waals surface area contributed by atoms with Crippen molar-refractivity contribution in [3.63, 3.8) is 0 Å². The highest BCUT2D eigenvalue weighted by atomic mass is 16.7. The number of rotatable bonds is 4. The minimum Gasteiger partial charge on any atom is -0.256 e. The third-order valence-corrected chi connectivity index (χ3v) is 5.69. The van der Waals surface area contributed by atoms with Crippen LogP contribution in [0.3, 0.4) is 0 Å². The molecule has 142 valence electrons. The van der Waals surface area contributed by atoms with Crippen LogP contribution in [0.1, 0.15) is 29.2 Å². The summed E-state index contributed by atoms with van der Waals surface area (Å²) in [5.41, 5.74) is 4.12. The Kier molecular flexibility index (Phi) is 4.63. The van der Waals surface area contributed by atoms with Crippen molar-refractivity contribution in [2.75, 3.05) is 5.06 Å². The molecular formula is C27H23NO. The van der Waals surface area contributed by atoms with Crippen LogP contribution in [0.5, 0.6) is 0 Å². The zero-order valence-electron chi connectivity index (χ0n) is 16.2. The van der Waals surface area contributed by atoms with E-state index in [2.05, 4.69) is 120 Å². The molecule has 0 amide bonds. The molecule has 0 bridgehead atoms. The maximum absolute atomic E-state index is 6.91. The Morgan fingerprint density at radius 3 is 1.55 bits per heavy atom. The zero-order valence-corrected chi connectivity index (χ0v) is 16.2. The molecule has 0 radical (unpaired) electrons. The maximum atomic E-state index is 6.91. The fourth-order valence-electron chi connectivity index (χ4n) is 4.28. The summed E-state index contributed by atoms with van der Waals surface area (Å²) >= 11 is 0. The average Bonchev–Trinajstić information content (AvgIpc) is 3.24. The van der Waals surface area contributed by atoms with E-state index < -0.39 is 5.60 Å². The molecular weight excluding hydrogens is 354 g/mol. The predicted molar refractivity (Wildman–Crippen MR) is 117 cm³/mol. The highest BCUT2D eigenvalue weighted by molar-refractivity contribution is 5.50. The number of benzene rings is 4. The van der Waals surface area contributed by atoms with E-state index in [-0.39, 0.29) is 6.04 Å². The van der Waals surface area contributed by atoms with Crippen LogP contribution in [0.4, 0.5) is 5.69 Å². The van der Waals surface area contributed by atoms with Gasteiger partial charge in [0.05, 0.1) is 11.7 Å². The Hall–Kier alpha value is -3.36. The number of hydrogen-bond acceptors (Lipinski definition) is 2. The molecule has 1 fully saturated rings. The van der Waals surface area contributed by atoms with Gasteiger partial charge in [-0.25, -0.2) is 5.06 Å². The van der Waals surface area contributed by atoms with Gasteiger partial charge in [-0.3, -0.25) is 4.84 Å². The lowest BCUT2D eigenvalue weighted by molar-refractivity contribution is 0.0150. The summed E-state index contributed by atoms with van der Waals surface area (Å²) in [5.74, 6) is 0. The van der Waals surface area contributed by atoms with Gasteiger partial charge < -0.3 is 0 Å². The third-order valence-electron chi connectivity index (χ3n) is 5.69. The van der Waals surface area contributed by atoms with E-state index in [1.165, 1.54) is 16.7 Å². The Bertz CT molecular complexity index is 960. The van der Waals surface area contributed by atoms with Crippen molar-refractivity contribution in [1.82, 2.24) is 0 Å². The van der Waals surface area contributed by atoms with Gasteiger partial charge in [-0.2, -0.15) is 0 Å². The Balaban J connectivity index is 1.69. The van der Waals surface area contributed by atoms with Crippen molar-refractivity contribution in [2.45, 2.75) is 18.1 Å². The predicted octanol–water partition coefficient (Wildman–Crippen LogP) is 6.51. The van der Waals surface area contributed by atoms with Gasteiger partial charge in [-0.1, -0.05) is 109 Å². The molecule has 4 aromatic rings. The lowest BCUT2D eigenvalue weighted by Crippen LogP contribution is -2.30. The third kappa shape index (κ3) is 3.22. The second kappa shape index (κ2) is 7.57. The molecule has 0 spiro atoms. The summed E-state index contributed by atoms with van der Waals surface area (Å²) in [6.07, 6.45) is 0.833. The standard InChI is InChI=1S/C27H23NO/c1-5-13-22(14-6-1)26-21-27(23-15-7-2-8-16-23,24-17-9-3-10-18-24)29-28(26)25-19-11-4-12-20-25/h1-20,26H,21H2. The van der Waals surface area contributed by atoms with Crippen molar-refractivity contribution in [3.05, 3.63) is 138 Å². The first-order valence-electron chi connectivity index (χ1n) is 10.1. The molecule has 2 nitrogen and oxygen atoms in total. The van der Waals surface area contributed by atoms with Crippen LogP contribution in [0.2, 0.25) is 0 Å². The molecule has 1 unspecified atom stereocenters. The SMILES string of the molecule is c1ccc(C2CC(c3ccccc3)(c3ccccc3)ON2c2ccccc2)cc1. The number of nitrogens with zero attached hydrogens (tertiary/aromatic N) is 1. The van der Waals surface area contributed by atoms with Crippen molar-refractivity contribution in [2.24, 2.45) is 0 Å². The molecule has 1 atom stereocenters. The Morgan fingerprint density at radius 2 is 1.03 bits per heavy atom. The van der Waals surface area contributed by atoms with Crippen LogP contribution in [0.25, 0.3) is 0 Å². The first-order valence-corrected chi connectivity index (χ1v) is 10.1. The first-order chi connectivity index (χ1) is 14.4. The van der Waals surface area contributed by atoms with Crippen LogP contribution < -0.4 is 5.06 Å². The normalized spacial score (nSPS) is 17.9. The van der Waals surface area contributed by atoms with E-state index >= 15 is 0 Å². The van der Waals surface area contributed by atoms with Crippen molar-refractivity contribution in [3.8, 4) is 0 Å². The summed E-state index contributed by atoms with van der Waals surface area (Å²) in [6, 6.07) is 42.3. The van der Waals surface area contributed by atoms with E-state index in [1.807, 2.05) is 6.07 Å². The molecule has 1 heterocycles. The average molecular weight is 377 g/mol. The summed E-state index contributed by atoms with van der Waals surface area (Å²) in [5, 5.41) is 2.09. The minimum atomic E-state index is -0.543. The fourth-order valence-corrected chi connectivity index (χ4v) is 4.28. The topological polar surface area (TPSA) is 12.5 Å². The molecule has 1 aliphatic heterocycles. The maximum Gasteiger partial charge on any atom is 0.148 e. The van der Waals surface area contributed by atoms with Crippen LogP contribution >= 0.6 is 0 Å². The fraction of sp³-hybridized carbons (Fsp3) is 0.111. The molecule has 0 saturated carbocycles. The molecule has 2 heteroatoms. The molecule has 5 rings (SSSR count). The van der Waals surface area contributed by atoms with E-state index in [0.29, 0.717) is 0 Å². The lowest BCUT2D eigenvalue weighted by Gasteiger charge is -2.30. The number of anilines is 1. The molecule has 1 aliphatic rings. The Labute approximate surface area is 172 Å². The van der Waals surface area contributed by atoms with Gasteiger partial charge >= 0.3 is 0 Å². The van der Waals surface area contributed by atoms with Gasteiger partial charge in [-0.15, -0.1) is 0 Å². The van der Waals surface area contributed by atoms with Crippen LogP contribution in [-0.4, -0.2) is 0 Å². The van der Waals surface area contributed by atoms with Crippen LogP contribution in [0, 0.1) is 0 Å². The molecule has 1 saturated heterocycles. The number of hydrogen-bond donors (Lipinski definition) is 0. The highest BCUT2D eigenvalue weighted by Crippen LogP contribution is 2.51.